The molecule has 0 atom stereocenters. The molecule has 0 N–H and O–H groups in total. The van der Waals surface area contributed by atoms with Crippen molar-refractivity contribution in [2.75, 3.05) is 0 Å². The van der Waals surface area contributed by atoms with E-state index in [1.54, 1.807) is 166 Å². The fourth-order valence-electron chi connectivity index (χ4n) is 20.8. The van der Waals surface area contributed by atoms with E-state index in [4.69, 9.17) is 0 Å². The molecule has 538 valence electrons. The lowest BCUT2D eigenvalue weighted by Gasteiger charge is -2.27. The molecule has 0 amide bonds. The molecule has 12 aromatic heterocycles. The molecule has 0 fully saturated rings. The Morgan fingerprint density at radius 3 is 0.434 bits per heavy atom. The fraction of sp³-hybridized carbons (Fsp3) is 0.674. The normalized spacial score (nSPS) is 13.6. The first-order valence-corrected chi connectivity index (χ1v) is 44.6. The molecule has 14 rings (SSSR count). The smallest absolute Gasteiger partial charge is 0.0993 e. The van der Waals surface area contributed by atoms with E-state index in [0.717, 1.165) is 11.5 Å². The average molecular weight is 1360 g/mol. The van der Waals surface area contributed by atoms with Crippen molar-refractivity contribution in [3.8, 4) is 0 Å². The zero-order valence-corrected chi connectivity index (χ0v) is 65.7. The van der Waals surface area contributed by atoms with E-state index in [0.29, 0.717) is 0 Å². The number of hydrogen-bond acceptors (Lipinski definition) is 1. The number of aryl methyl sites for hydroxylation is 10. The Balaban J connectivity index is 1.31. The van der Waals surface area contributed by atoms with E-state index in [2.05, 4.69) is 107 Å². The molecular weight excluding hydrogens is 1220 g/mol. The van der Waals surface area contributed by atoms with E-state index >= 15 is 0 Å². The number of fused-ring (bicyclic) bond motifs is 9. The first-order chi connectivity index (χ1) is 49.0. The molecule has 0 saturated carbocycles. The number of benzene rings is 1. The van der Waals surface area contributed by atoms with Crippen molar-refractivity contribution in [3.05, 3.63) is 66.8 Å². The van der Waals surface area contributed by atoms with E-state index < -0.39 is 0 Å². The molecule has 0 spiro atoms. The predicted octanol–water partition coefficient (Wildman–Crippen LogP) is 28.7. The third kappa shape index (κ3) is 12.1. The third-order valence-corrected chi connectivity index (χ3v) is 26.6. The van der Waals surface area contributed by atoms with Crippen LogP contribution in [-0.2, 0) is 75.7 Å². The first kappa shape index (κ1) is 71.2. The Bertz CT molecular complexity index is 4400. The van der Waals surface area contributed by atoms with Crippen LogP contribution in [0.15, 0.2) is 0 Å². The van der Waals surface area contributed by atoms with E-state index in [1.807, 2.05) is 0 Å². The average Bonchev–Trinajstić information content (AvgIpc) is 1.47. The van der Waals surface area contributed by atoms with Gasteiger partial charge in [-0.2, -0.15) is 11.8 Å². The van der Waals surface area contributed by atoms with Gasteiger partial charge >= 0.3 is 0 Å². The highest BCUT2D eigenvalue weighted by atomic mass is 32.2. The van der Waals surface area contributed by atoms with Crippen LogP contribution < -0.4 is 0 Å². The van der Waals surface area contributed by atoms with Gasteiger partial charge < -0.3 is 26.4 Å². The lowest BCUT2D eigenvalue weighted by Crippen LogP contribution is -2.14. The lowest BCUT2D eigenvalue weighted by molar-refractivity contribution is 0.653. The molecule has 13 aromatic rings. The van der Waals surface area contributed by atoms with Gasteiger partial charge in [-0.25, -0.2) is 0 Å². The molecular formula is C92H134N6S. The molecule has 0 saturated heterocycles. The van der Waals surface area contributed by atoms with E-state index in [-0.39, 0.29) is 0 Å². The summed E-state index contributed by atoms with van der Waals surface area (Å²) in [4.78, 5) is 0. The summed E-state index contributed by atoms with van der Waals surface area (Å²) in [6, 6.07) is 0. The standard InChI is InChI=1S/C92H134N6S/c1-11-21-31-41-51-63-64(52-42-32-22-12-2)76-78-66(54-44-34-24-14-4)68(56-46-36-26-16-6)80-82-70(58-48-38-28-18-8)72(60-50-40-30-20-10)84-86-74-62-99-61-73(74)85-83-71(59-49-39-29-19-9)69(57-47-37-27-17-7)81-79-67(55-45-35-25-15-5)65(53-43-33-23-13-3)77-75(63)93(76)87-88(94(77)79)90(96(81)83)92(98(85)86)91(97(82)84)89(87)95(78)80/h11-62H2,1-10H3. The molecule has 1 aliphatic heterocycles. The first-order valence-electron chi connectivity index (χ1n) is 43.4. The summed E-state index contributed by atoms with van der Waals surface area (Å²) < 4.78 is 19.1. The van der Waals surface area contributed by atoms with Crippen LogP contribution in [0.25, 0.3) is 99.3 Å². The highest BCUT2D eigenvalue weighted by Crippen LogP contribution is 2.58. The summed E-state index contributed by atoms with van der Waals surface area (Å²) in [6.45, 7) is 24.4. The maximum Gasteiger partial charge on any atom is 0.0993 e. The largest absolute Gasteiger partial charge is 0.302 e. The zero-order valence-electron chi connectivity index (χ0n) is 64.9. The number of aromatic nitrogens is 6. The fourth-order valence-corrected chi connectivity index (χ4v) is 22.0. The number of unbranched alkanes of at least 4 members (excludes halogenated alkanes) is 30. The number of nitrogens with zero attached hydrogens (tertiary/aromatic N) is 6. The highest BCUT2D eigenvalue weighted by Gasteiger charge is 2.42. The second-order valence-corrected chi connectivity index (χ2v) is 33.6. The Hall–Kier alpha value is -4.75. The van der Waals surface area contributed by atoms with Crippen LogP contribution in [0.4, 0.5) is 0 Å². The minimum absolute atomic E-state index is 1.12. The van der Waals surface area contributed by atoms with Gasteiger partial charge in [0.25, 0.3) is 0 Å². The summed E-state index contributed by atoms with van der Waals surface area (Å²) in [5.74, 6) is 2.24. The van der Waals surface area contributed by atoms with Crippen molar-refractivity contribution in [3.63, 3.8) is 0 Å². The zero-order chi connectivity index (χ0) is 68.3. The summed E-state index contributed by atoms with van der Waals surface area (Å²) in [7, 11) is 0. The minimum Gasteiger partial charge on any atom is -0.302 e. The Morgan fingerprint density at radius 2 is 0.293 bits per heavy atom. The molecule has 1 aliphatic rings. The highest BCUT2D eigenvalue weighted by molar-refractivity contribution is 7.98. The second kappa shape index (κ2) is 32.5. The molecule has 13 heterocycles. The van der Waals surface area contributed by atoms with Crippen molar-refractivity contribution in [1.29, 1.82) is 0 Å². The Morgan fingerprint density at radius 1 is 0.162 bits per heavy atom. The monoisotopic (exact) mass is 1360 g/mol. The van der Waals surface area contributed by atoms with Crippen LogP contribution in [0.2, 0.25) is 0 Å². The van der Waals surface area contributed by atoms with Crippen LogP contribution in [0.3, 0.4) is 0 Å². The number of hydrogen-bond donors (Lipinski definition) is 0. The van der Waals surface area contributed by atoms with Gasteiger partial charge in [0.1, 0.15) is 0 Å². The number of thioether (sulfide) groups is 1. The van der Waals surface area contributed by atoms with Crippen LogP contribution in [0.1, 0.15) is 393 Å². The molecule has 0 aliphatic carbocycles. The SMILES string of the molecule is CCCCCCc1c(CCCCCC)c2c3c(CCCCCC)c(CCCCCC)c4c5c(CCCCCC)c(CCCCCC)c6c7c8c(c9c%10c(CCCCCC)c(CCCCCC)c%11c%12c(CCCCCC)c(CCCCCC)c%13c1n2c1c(c(c(c(c1n34)n56)n97)n%11%10)n%13%12)CSC8. The molecule has 0 radical (unpaired) electrons. The Labute approximate surface area is 602 Å². The molecule has 99 heavy (non-hydrogen) atoms. The second-order valence-electron chi connectivity index (χ2n) is 32.6. The van der Waals surface area contributed by atoms with E-state index in [1.165, 1.54) is 321 Å². The predicted molar refractivity (Wildman–Crippen MR) is 438 cm³/mol. The molecule has 1 aromatic carbocycles. The maximum atomic E-state index is 3.20. The molecule has 6 nitrogen and oxygen atoms in total. The van der Waals surface area contributed by atoms with Gasteiger partial charge in [-0.3, -0.25) is 0 Å². The summed E-state index contributed by atoms with van der Waals surface area (Å²) in [5, 5.41) is 0. The summed E-state index contributed by atoms with van der Waals surface area (Å²) in [5.41, 5.74) is 50.1. The molecule has 7 heteroatoms. The van der Waals surface area contributed by atoms with Gasteiger partial charge in [0.15, 0.2) is 0 Å². The quantitative estimate of drug-likeness (QED) is 0.0212. The van der Waals surface area contributed by atoms with Crippen molar-refractivity contribution in [2.24, 2.45) is 0 Å². The molecule has 0 unspecified atom stereocenters. The van der Waals surface area contributed by atoms with Crippen LogP contribution in [0, 0.1) is 0 Å². The van der Waals surface area contributed by atoms with Crippen LogP contribution in [-0.4, -0.2) is 26.4 Å². The maximum absolute atomic E-state index is 3.20. The van der Waals surface area contributed by atoms with Gasteiger partial charge in [0, 0.05) is 11.5 Å². The van der Waals surface area contributed by atoms with Crippen molar-refractivity contribution >= 4 is 111 Å². The van der Waals surface area contributed by atoms with Gasteiger partial charge in [-0.1, -0.05) is 262 Å². The topological polar surface area (TPSA) is 26.5 Å². The van der Waals surface area contributed by atoms with Gasteiger partial charge in [-0.05, 0) is 195 Å². The third-order valence-electron chi connectivity index (χ3n) is 25.6. The summed E-state index contributed by atoms with van der Waals surface area (Å²) in [6.07, 6.45) is 63.8. The van der Waals surface area contributed by atoms with Crippen molar-refractivity contribution in [1.82, 2.24) is 26.4 Å². The van der Waals surface area contributed by atoms with Gasteiger partial charge in [0.05, 0.1) is 99.3 Å². The van der Waals surface area contributed by atoms with Gasteiger partial charge in [0.2, 0.25) is 0 Å². The minimum atomic E-state index is 1.12. The van der Waals surface area contributed by atoms with Crippen molar-refractivity contribution in [2.45, 2.75) is 402 Å². The van der Waals surface area contributed by atoms with Crippen LogP contribution >= 0.6 is 11.8 Å². The van der Waals surface area contributed by atoms with Crippen LogP contribution in [0.5, 0.6) is 0 Å². The lowest BCUT2D eigenvalue weighted by atomic mass is 9.93. The van der Waals surface area contributed by atoms with Gasteiger partial charge in [-0.15, -0.1) is 0 Å². The Kier molecular flexibility index (Phi) is 23.4. The van der Waals surface area contributed by atoms with E-state index in [9.17, 15) is 0 Å². The number of rotatable bonds is 50. The molecule has 0 bridgehead atoms. The van der Waals surface area contributed by atoms with Crippen molar-refractivity contribution < 1.29 is 0 Å². The summed E-state index contributed by atoms with van der Waals surface area (Å²) >= 11 is 2.24.